The molecule has 4 aromatic rings. The van der Waals surface area contributed by atoms with E-state index in [9.17, 15) is 18.8 Å². The lowest BCUT2D eigenvalue weighted by atomic mass is 10.1. The quantitative estimate of drug-likeness (QED) is 0.401. The minimum Gasteiger partial charge on any atom is -0.397 e. The van der Waals surface area contributed by atoms with E-state index in [0.29, 0.717) is 24.2 Å². The highest BCUT2D eigenvalue weighted by Crippen LogP contribution is 2.34. The van der Waals surface area contributed by atoms with Gasteiger partial charge in [-0.15, -0.1) is 0 Å². The van der Waals surface area contributed by atoms with Crippen LogP contribution in [-0.2, 0) is 7.05 Å². The van der Waals surface area contributed by atoms with Crippen LogP contribution in [0.4, 0.5) is 21.6 Å². The summed E-state index contributed by atoms with van der Waals surface area (Å²) in [6, 6.07) is 5.92. The summed E-state index contributed by atoms with van der Waals surface area (Å²) in [5, 5.41) is 3.04. The molecule has 3 N–H and O–H groups in total. The molecule has 10 heteroatoms. The van der Waals surface area contributed by atoms with Crippen LogP contribution >= 0.6 is 0 Å². The number of aryl methyl sites for hydroxylation is 2. The molecule has 1 aliphatic carbocycles. The second kappa shape index (κ2) is 11.5. The zero-order valence-electron chi connectivity index (χ0n) is 22.9. The molecule has 1 aliphatic rings. The Balaban J connectivity index is 0.000000956. The van der Waals surface area contributed by atoms with Gasteiger partial charge in [0, 0.05) is 24.8 Å². The molecule has 1 fully saturated rings. The minimum absolute atomic E-state index is 0.0957. The van der Waals surface area contributed by atoms with E-state index in [1.54, 1.807) is 26.0 Å². The van der Waals surface area contributed by atoms with Gasteiger partial charge in [0.1, 0.15) is 17.0 Å². The van der Waals surface area contributed by atoms with Gasteiger partial charge in [0.15, 0.2) is 0 Å². The molecule has 0 radical (unpaired) electrons. The van der Waals surface area contributed by atoms with Gasteiger partial charge >= 0.3 is 5.69 Å². The van der Waals surface area contributed by atoms with Crippen LogP contribution < -0.4 is 27.9 Å². The van der Waals surface area contributed by atoms with E-state index in [1.807, 2.05) is 27.7 Å². The Hall–Kier alpha value is -4.21. The number of aromatic nitrogens is 4. The molecule has 0 aliphatic heterocycles. The molecule has 3 aromatic heterocycles. The topological polar surface area (TPSA) is 117 Å². The summed E-state index contributed by atoms with van der Waals surface area (Å²) in [6.45, 7) is 11.3. The zero-order chi connectivity index (χ0) is 28.3. The molecule has 0 bridgehead atoms. The van der Waals surface area contributed by atoms with E-state index in [2.05, 4.69) is 10.3 Å². The maximum Gasteiger partial charge on any atom is 0.336 e. The van der Waals surface area contributed by atoms with Gasteiger partial charge in [0.05, 0.1) is 28.8 Å². The van der Waals surface area contributed by atoms with Crippen molar-refractivity contribution in [1.29, 1.82) is 0 Å². The molecule has 38 heavy (non-hydrogen) atoms. The third-order valence-electron chi connectivity index (χ3n) is 6.14. The molecule has 0 spiro atoms. The zero-order valence-corrected chi connectivity index (χ0v) is 22.9. The lowest BCUT2D eigenvalue weighted by molar-refractivity contribution is 0.630. The van der Waals surface area contributed by atoms with Crippen molar-refractivity contribution >= 4 is 28.1 Å². The number of fused-ring (bicyclic) bond motifs is 1. The highest BCUT2D eigenvalue weighted by molar-refractivity contribution is 5.93. The fourth-order valence-corrected chi connectivity index (χ4v) is 4.27. The molecule has 1 saturated carbocycles. The van der Waals surface area contributed by atoms with Crippen LogP contribution in [-0.4, -0.2) is 18.7 Å². The Morgan fingerprint density at radius 1 is 1.00 bits per heavy atom. The molecule has 5 rings (SSSR count). The fourth-order valence-electron chi connectivity index (χ4n) is 4.27. The number of nitrogens with zero attached hydrogens (tertiary/aromatic N) is 4. The molecule has 202 valence electrons. The molecule has 0 atom stereocenters. The van der Waals surface area contributed by atoms with Crippen LogP contribution in [0.2, 0.25) is 0 Å². The first-order chi connectivity index (χ1) is 18.2. The highest BCUT2D eigenvalue weighted by Gasteiger charge is 2.31. The number of nitrogens with two attached hydrogens (primary N) is 1. The maximum atomic E-state index is 14.7. The van der Waals surface area contributed by atoms with E-state index in [-0.39, 0.29) is 34.0 Å². The van der Waals surface area contributed by atoms with Gasteiger partial charge in [0.25, 0.3) is 11.1 Å². The van der Waals surface area contributed by atoms with Gasteiger partial charge < -0.3 is 11.1 Å². The average Bonchev–Trinajstić information content (AvgIpc) is 3.74. The lowest BCUT2D eigenvalue weighted by Crippen LogP contribution is -2.41. The van der Waals surface area contributed by atoms with Crippen molar-refractivity contribution in [2.75, 3.05) is 11.1 Å². The van der Waals surface area contributed by atoms with Gasteiger partial charge in [-0.2, -0.15) is 0 Å². The van der Waals surface area contributed by atoms with Crippen LogP contribution in [0, 0.1) is 19.7 Å². The van der Waals surface area contributed by atoms with Crippen molar-refractivity contribution in [1.82, 2.24) is 18.7 Å². The van der Waals surface area contributed by atoms with Crippen LogP contribution in [0.5, 0.6) is 0 Å². The Labute approximate surface area is 220 Å². The first-order valence-electron chi connectivity index (χ1n) is 12.8. The molecule has 9 nitrogen and oxygen atoms in total. The number of rotatable bonds is 4. The molecule has 0 amide bonds. The van der Waals surface area contributed by atoms with Gasteiger partial charge in [-0.3, -0.25) is 28.3 Å². The summed E-state index contributed by atoms with van der Waals surface area (Å²) >= 11 is 0. The summed E-state index contributed by atoms with van der Waals surface area (Å²) < 4.78 is 18.5. The molecule has 0 saturated heterocycles. The van der Waals surface area contributed by atoms with E-state index < -0.39 is 22.6 Å². The SMILES string of the molecule is CC.CC.Cc1ccc(Nc2c3c(=O)n(C4CC4)c(=O)n(-c4cncc(N)c4)c3c(C)c(=O)n2C)c(F)c1. The van der Waals surface area contributed by atoms with Crippen LogP contribution in [0.3, 0.4) is 0 Å². The van der Waals surface area contributed by atoms with E-state index in [1.165, 1.54) is 45.3 Å². The number of pyridine rings is 2. The normalized spacial score (nSPS) is 12.3. The Morgan fingerprint density at radius 2 is 1.66 bits per heavy atom. The number of nitrogen functional groups attached to an aromatic ring is 1. The molecule has 1 aromatic carbocycles. The first kappa shape index (κ1) is 28.4. The number of benzene rings is 1. The monoisotopic (exact) mass is 522 g/mol. The Kier molecular flexibility index (Phi) is 8.55. The van der Waals surface area contributed by atoms with Gasteiger partial charge in [0.2, 0.25) is 0 Å². The van der Waals surface area contributed by atoms with Crippen molar-refractivity contribution < 1.29 is 4.39 Å². The van der Waals surface area contributed by atoms with E-state index in [0.717, 1.165) is 5.56 Å². The summed E-state index contributed by atoms with van der Waals surface area (Å²) in [5.41, 5.74) is 6.19. The average molecular weight is 523 g/mol. The summed E-state index contributed by atoms with van der Waals surface area (Å²) in [7, 11) is 1.50. The van der Waals surface area contributed by atoms with Crippen molar-refractivity contribution in [3.8, 4) is 5.69 Å². The molecule has 0 unspecified atom stereocenters. The third-order valence-corrected chi connectivity index (χ3v) is 6.14. The van der Waals surface area contributed by atoms with E-state index >= 15 is 0 Å². The summed E-state index contributed by atoms with van der Waals surface area (Å²) in [5.74, 6) is -0.435. The number of nitrogens with one attached hydrogen (secondary N) is 1. The second-order valence-electron chi connectivity index (χ2n) is 8.67. The smallest absolute Gasteiger partial charge is 0.336 e. The third kappa shape index (κ3) is 4.98. The fraction of sp³-hybridized carbons (Fsp3) is 0.357. The van der Waals surface area contributed by atoms with Crippen molar-refractivity contribution in [2.24, 2.45) is 7.05 Å². The Morgan fingerprint density at radius 3 is 2.24 bits per heavy atom. The lowest BCUT2D eigenvalue weighted by Gasteiger charge is -2.20. The van der Waals surface area contributed by atoms with Crippen molar-refractivity contribution in [3.63, 3.8) is 0 Å². The van der Waals surface area contributed by atoms with Gasteiger partial charge in [-0.25, -0.2) is 9.18 Å². The number of anilines is 3. The van der Waals surface area contributed by atoms with Crippen LogP contribution in [0.25, 0.3) is 16.6 Å². The molecule has 3 heterocycles. The Bertz CT molecular complexity index is 1660. The number of hydrogen-bond donors (Lipinski definition) is 2. The van der Waals surface area contributed by atoms with Gasteiger partial charge in [-0.1, -0.05) is 33.8 Å². The van der Waals surface area contributed by atoms with Crippen LogP contribution in [0.1, 0.15) is 57.7 Å². The van der Waals surface area contributed by atoms with Crippen LogP contribution in [0.15, 0.2) is 51.0 Å². The number of hydrogen-bond acceptors (Lipinski definition) is 6. The minimum atomic E-state index is -0.573. The van der Waals surface area contributed by atoms with Gasteiger partial charge in [-0.05, 0) is 50.5 Å². The highest BCUT2D eigenvalue weighted by atomic mass is 19.1. The first-order valence-corrected chi connectivity index (χ1v) is 12.8. The van der Waals surface area contributed by atoms with Crippen molar-refractivity contribution in [2.45, 2.75) is 60.4 Å². The summed E-state index contributed by atoms with van der Waals surface area (Å²) in [6.07, 6.45) is 4.26. The summed E-state index contributed by atoms with van der Waals surface area (Å²) in [4.78, 5) is 44.6. The largest absolute Gasteiger partial charge is 0.397 e. The maximum absolute atomic E-state index is 14.7. The second-order valence-corrected chi connectivity index (χ2v) is 8.67. The molecular formula is C28H35FN6O3. The number of halogens is 1. The predicted molar refractivity (Wildman–Crippen MR) is 151 cm³/mol. The molecular weight excluding hydrogens is 487 g/mol. The van der Waals surface area contributed by atoms with E-state index in [4.69, 9.17) is 5.73 Å². The predicted octanol–water partition coefficient (Wildman–Crippen LogP) is 4.72. The van der Waals surface area contributed by atoms with Crippen molar-refractivity contribution in [3.05, 3.63) is 84.8 Å². The standard InChI is InChI=1S/C24H23FN6O3.2C2H6/c1-12-4-7-18(17(25)8-12)28-21-19-20(13(2)22(32)29(21)3)30(16-9-14(26)10-27-11-16)24(34)31(23(19)33)15-5-6-15;2*1-2/h4,7-11,15,28H,5-6,26H2,1-3H3;2*1-2H3.